The molecule has 3 atom stereocenters. The van der Waals surface area contributed by atoms with Crippen molar-refractivity contribution >= 4 is 28.6 Å². The number of benzene rings is 1. The van der Waals surface area contributed by atoms with Gasteiger partial charge in [0, 0.05) is 69.5 Å². The number of hydrogen-bond donors (Lipinski definition) is 4. The van der Waals surface area contributed by atoms with Crippen LogP contribution in [0.2, 0.25) is 0 Å². The average molecular weight is 491 g/mol. The van der Waals surface area contributed by atoms with Crippen LogP contribution in [0.15, 0.2) is 47.5 Å². The predicted octanol–water partition coefficient (Wildman–Crippen LogP) is 0.534. The molecule has 4 N–H and O–H groups in total. The largest absolute Gasteiger partial charge is 0.361 e. The summed E-state index contributed by atoms with van der Waals surface area (Å²) >= 11 is 0. The second-order valence-electron chi connectivity index (χ2n) is 9.58. The highest BCUT2D eigenvalue weighted by Crippen LogP contribution is 2.45. The van der Waals surface area contributed by atoms with E-state index in [1.54, 1.807) is 0 Å². The van der Waals surface area contributed by atoms with E-state index in [4.69, 9.17) is 0 Å². The minimum absolute atomic E-state index is 0.0354. The van der Waals surface area contributed by atoms with Gasteiger partial charge in [0.25, 0.3) is 17.4 Å². The standard InChI is InChI=1S/C26H30N6O4/c1-15(33)28-8-9-31-13-20-21(14-31)23(20)30-24(34)17-10-19(25(35)27-2)26(36)32(12-17)11-16-4-3-5-22-18(16)6-7-29-22/h3-7,10,12,20-21,23,29H,8-9,11,13-14H2,1-2H3,(H,27,35)(H,28,33)(H,30,34)/t20-,21+,23?. The van der Waals surface area contributed by atoms with Gasteiger partial charge >= 0.3 is 0 Å². The Morgan fingerprint density at radius 1 is 1.11 bits per heavy atom. The number of H-pyrrole nitrogens is 1. The summed E-state index contributed by atoms with van der Waals surface area (Å²) in [6.45, 7) is 4.90. The van der Waals surface area contributed by atoms with E-state index in [1.165, 1.54) is 30.8 Å². The van der Waals surface area contributed by atoms with E-state index in [1.807, 2.05) is 30.5 Å². The van der Waals surface area contributed by atoms with Crippen molar-refractivity contribution in [1.29, 1.82) is 0 Å². The SMILES string of the molecule is CNC(=O)c1cc(C(=O)NC2[C@H]3CN(CCNC(C)=O)C[C@@H]23)cn(Cc2cccc3[nH]ccc23)c1=O. The van der Waals surface area contributed by atoms with E-state index in [9.17, 15) is 19.2 Å². The monoisotopic (exact) mass is 490 g/mol. The molecule has 1 unspecified atom stereocenters. The van der Waals surface area contributed by atoms with E-state index < -0.39 is 11.5 Å². The number of piperidine rings is 1. The first kappa shape index (κ1) is 23.8. The van der Waals surface area contributed by atoms with E-state index in [0.29, 0.717) is 18.4 Å². The number of aromatic nitrogens is 2. The van der Waals surface area contributed by atoms with E-state index in [0.717, 1.165) is 36.1 Å². The molecule has 2 fully saturated rings. The molecule has 1 saturated carbocycles. The molecule has 188 valence electrons. The fourth-order valence-electron chi connectivity index (χ4n) is 5.28. The van der Waals surface area contributed by atoms with Crippen LogP contribution in [0.25, 0.3) is 10.9 Å². The third kappa shape index (κ3) is 4.64. The summed E-state index contributed by atoms with van der Waals surface area (Å²) < 4.78 is 1.43. The van der Waals surface area contributed by atoms with Crippen LogP contribution < -0.4 is 21.5 Å². The van der Waals surface area contributed by atoms with E-state index in [2.05, 4.69) is 25.8 Å². The van der Waals surface area contributed by atoms with Gasteiger partial charge in [-0.2, -0.15) is 0 Å². The zero-order valence-electron chi connectivity index (χ0n) is 20.3. The van der Waals surface area contributed by atoms with Crippen LogP contribution >= 0.6 is 0 Å². The second kappa shape index (κ2) is 9.62. The molecule has 0 bridgehead atoms. The molecule has 2 aliphatic rings. The van der Waals surface area contributed by atoms with Crippen LogP contribution in [0.3, 0.4) is 0 Å². The lowest BCUT2D eigenvalue weighted by molar-refractivity contribution is -0.119. The lowest BCUT2D eigenvalue weighted by atomic mass is 10.1. The van der Waals surface area contributed by atoms with Gasteiger partial charge in [0.2, 0.25) is 5.91 Å². The lowest BCUT2D eigenvalue weighted by Crippen LogP contribution is -2.39. The summed E-state index contributed by atoms with van der Waals surface area (Å²) in [5.74, 6) is -0.102. The first-order chi connectivity index (χ1) is 17.4. The highest BCUT2D eigenvalue weighted by atomic mass is 16.2. The van der Waals surface area contributed by atoms with Crippen molar-refractivity contribution < 1.29 is 14.4 Å². The van der Waals surface area contributed by atoms with E-state index >= 15 is 0 Å². The number of pyridine rings is 1. The number of aromatic amines is 1. The fraction of sp³-hybridized carbons (Fsp3) is 0.385. The number of carbonyl (C=O) groups is 3. The van der Waals surface area contributed by atoms with Gasteiger partial charge in [0.05, 0.1) is 12.1 Å². The topological polar surface area (TPSA) is 128 Å². The predicted molar refractivity (Wildman–Crippen MR) is 135 cm³/mol. The molecule has 3 amide bonds. The number of hydrogen-bond acceptors (Lipinski definition) is 5. The molecule has 0 radical (unpaired) electrons. The number of amides is 3. The summed E-state index contributed by atoms with van der Waals surface area (Å²) in [5.41, 5.74) is 1.63. The van der Waals surface area contributed by atoms with Crippen molar-refractivity contribution in [2.75, 3.05) is 33.2 Å². The Balaban J connectivity index is 1.31. The summed E-state index contributed by atoms with van der Waals surface area (Å²) in [5, 5.41) is 9.39. The highest BCUT2D eigenvalue weighted by molar-refractivity contribution is 5.99. The zero-order chi connectivity index (χ0) is 25.4. The van der Waals surface area contributed by atoms with Crippen LogP contribution in [0.5, 0.6) is 0 Å². The van der Waals surface area contributed by atoms with Gasteiger partial charge in [0.15, 0.2) is 0 Å². The van der Waals surface area contributed by atoms with Crippen LogP contribution in [-0.4, -0.2) is 71.4 Å². The number of nitrogens with one attached hydrogen (secondary N) is 4. The minimum Gasteiger partial charge on any atom is -0.361 e. The van der Waals surface area contributed by atoms with Gasteiger partial charge in [-0.15, -0.1) is 0 Å². The zero-order valence-corrected chi connectivity index (χ0v) is 20.3. The Labute approximate surface area is 208 Å². The van der Waals surface area contributed by atoms with E-state index in [-0.39, 0.29) is 35.5 Å². The molecule has 1 aromatic carbocycles. The third-order valence-corrected chi connectivity index (χ3v) is 7.22. The van der Waals surface area contributed by atoms with Crippen molar-refractivity contribution in [3.63, 3.8) is 0 Å². The molecule has 1 aliphatic carbocycles. The number of fused-ring (bicyclic) bond motifs is 2. The van der Waals surface area contributed by atoms with Crippen molar-refractivity contribution in [2.45, 2.75) is 19.5 Å². The van der Waals surface area contributed by atoms with Gasteiger partial charge < -0.3 is 30.4 Å². The summed E-state index contributed by atoms with van der Waals surface area (Å²) in [6, 6.07) is 9.18. The first-order valence-corrected chi connectivity index (χ1v) is 12.1. The maximum atomic E-state index is 13.2. The van der Waals surface area contributed by atoms with Crippen molar-refractivity contribution in [3.8, 4) is 0 Å². The molecule has 1 aliphatic heterocycles. The second-order valence-corrected chi connectivity index (χ2v) is 9.58. The van der Waals surface area contributed by atoms with Crippen molar-refractivity contribution in [1.82, 2.24) is 30.4 Å². The van der Waals surface area contributed by atoms with Crippen molar-refractivity contribution in [3.05, 3.63) is 69.8 Å². The first-order valence-electron chi connectivity index (χ1n) is 12.1. The van der Waals surface area contributed by atoms with Gasteiger partial charge in [0.1, 0.15) is 5.56 Å². The molecule has 5 rings (SSSR count). The van der Waals surface area contributed by atoms with Crippen molar-refractivity contribution in [2.24, 2.45) is 11.8 Å². The summed E-state index contributed by atoms with van der Waals surface area (Å²) in [6.07, 6.45) is 3.37. The van der Waals surface area contributed by atoms with Crippen LogP contribution in [0.1, 0.15) is 33.2 Å². The van der Waals surface area contributed by atoms with Gasteiger partial charge in [-0.1, -0.05) is 12.1 Å². The Kier molecular flexibility index (Phi) is 6.36. The smallest absolute Gasteiger partial charge is 0.263 e. The maximum Gasteiger partial charge on any atom is 0.263 e. The Hall–Kier alpha value is -3.92. The molecule has 10 nitrogen and oxygen atoms in total. The van der Waals surface area contributed by atoms with Crippen LogP contribution in [0, 0.1) is 11.8 Å². The molecular formula is C26H30N6O4. The molecular weight excluding hydrogens is 460 g/mol. The lowest BCUT2D eigenvalue weighted by Gasteiger charge is -2.20. The quantitative estimate of drug-likeness (QED) is 0.366. The Bertz CT molecular complexity index is 1380. The minimum atomic E-state index is -0.527. The summed E-state index contributed by atoms with van der Waals surface area (Å²) in [7, 11) is 1.46. The van der Waals surface area contributed by atoms with Gasteiger partial charge in [-0.05, 0) is 35.6 Å². The fourth-order valence-corrected chi connectivity index (χ4v) is 5.28. The number of rotatable bonds is 8. The molecule has 0 spiro atoms. The third-order valence-electron chi connectivity index (χ3n) is 7.22. The molecule has 2 aromatic heterocycles. The number of carbonyl (C=O) groups excluding carboxylic acids is 3. The molecule has 10 heteroatoms. The molecule has 1 saturated heterocycles. The van der Waals surface area contributed by atoms with Crippen LogP contribution in [-0.2, 0) is 11.3 Å². The average Bonchev–Trinajstić information content (AvgIpc) is 3.23. The molecule has 3 aromatic rings. The van der Waals surface area contributed by atoms with Gasteiger partial charge in [-0.3, -0.25) is 19.2 Å². The Morgan fingerprint density at radius 3 is 2.61 bits per heavy atom. The Morgan fingerprint density at radius 2 is 1.89 bits per heavy atom. The highest BCUT2D eigenvalue weighted by Gasteiger charge is 2.56. The van der Waals surface area contributed by atoms with Crippen LogP contribution in [0.4, 0.5) is 0 Å². The van der Waals surface area contributed by atoms with Gasteiger partial charge in [-0.25, -0.2) is 0 Å². The number of likely N-dealkylation sites (tertiary alicyclic amines) is 1. The normalized spacial score (nSPS) is 20.7. The molecule has 3 heterocycles. The molecule has 36 heavy (non-hydrogen) atoms. The number of nitrogens with zero attached hydrogens (tertiary/aromatic N) is 2. The maximum absolute atomic E-state index is 13.2. The summed E-state index contributed by atoms with van der Waals surface area (Å²) in [4.78, 5) is 55.2.